The number of ether oxygens (including phenoxy) is 2. The standard InChI is InChI=1S/C19H19NO5S/c1-19-11-14(13-9-6-10-15(24-2)16(13)25-19)17(18(21)20-19)26(22,23)12-7-4-3-5-8-12/h3-10,14,17H,11H2,1-2H3,(H,20,21)/t14-,17+,19-/m1/s1. The molecule has 2 aromatic rings. The third kappa shape index (κ3) is 2.46. The summed E-state index contributed by atoms with van der Waals surface area (Å²) >= 11 is 0. The molecule has 2 aliphatic rings. The number of methoxy groups -OCH3 is 1. The van der Waals surface area contributed by atoms with Crippen molar-refractivity contribution in [3.05, 3.63) is 54.1 Å². The van der Waals surface area contributed by atoms with Gasteiger partial charge in [-0.2, -0.15) is 0 Å². The smallest absolute Gasteiger partial charge is 0.242 e. The van der Waals surface area contributed by atoms with Crippen molar-refractivity contribution in [2.45, 2.75) is 35.1 Å². The molecular weight excluding hydrogens is 354 g/mol. The normalized spacial score (nSPS) is 27.1. The summed E-state index contributed by atoms with van der Waals surface area (Å²) in [6.07, 6.45) is 0.371. The first-order valence-corrected chi connectivity index (χ1v) is 9.87. The minimum atomic E-state index is -3.86. The third-order valence-electron chi connectivity index (χ3n) is 4.98. The van der Waals surface area contributed by atoms with Crippen LogP contribution in [-0.2, 0) is 14.6 Å². The van der Waals surface area contributed by atoms with E-state index in [-0.39, 0.29) is 4.90 Å². The van der Waals surface area contributed by atoms with Gasteiger partial charge in [0.2, 0.25) is 5.91 Å². The minimum absolute atomic E-state index is 0.139. The van der Waals surface area contributed by atoms with Crippen molar-refractivity contribution in [2.24, 2.45) is 0 Å². The Bertz CT molecular complexity index is 973. The van der Waals surface area contributed by atoms with Crippen LogP contribution in [0, 0.1) is 0 Å². The van der Waals surface area contributed by atoms with Crippen molar-refractivity contribution in [1.82, 2.24) is 5.32 Å². The quantitative estimate of drug-likeness (QED) is 0.892. The topological polar surface area (TPSA) is 81.7 Å². The van der Waals surface area contributed by atoms with Crippen molar-refractivity contribution in [3.63, 3.8) is 0 Å². The van der Waals surface area contributed by atoms with Gasteiger partial charge in [-0.15, -0.1) is 0 Å². The van der Waals surface area contributed by atoms with Gasteiger partial charge in [0.25, 0.3) is 0 Å². The van der Waals surface area contributed by atoms with Crippen LogP contribution >= 0.6 is 0 Å². The first kappa shape index (κ1) is 16.9. The molecule has 1 fully saturated rings. The lowest BCUT2D eigenvalue weighted by molar-refractivity contribution is -0.132. The van der Waals surface area contributed by atoms with Gasteiger partial charge in [0, 0.05) is 17.9 Å². The number of para-hydroxylation sites is 1. The van der Waals surface area contributed by atoms with E-state index in [1.54, 1.807) is 43.3 Å². The SMILES string of the molecule is COc1cccc2c1O[C@]1(C)C[C@H]2[C@H](S(=O)(=O)c2ccccc2)C(=O)N1. The molecule has 0 unspecified atom stereocenters. The highest BCUT2D eigenvalue weighted by molar-refractivity contribution is 7.92. The van der Waals surface area contributed by atoms with Crippen molar-refractivity contribution in [3.8, 4) is 11.5 Å². The summed E-state index contributed by atoms with van der Waals surface area (Å²) in [5, 5.41) is 1.53. The summed E-state index contributed by atoms with van der Waals surface area (Å²) in [4.78, 5) is 12.9. The molecule has 2 heterocycles. The highest BCUT2D eigenvalue weighted by atomic mass is 32.2. The highest BCUT2D eigenvalue weighted by Gasteiger charge is 2.54. The van der Waals surface area contributed by atoms with E-state index in [4.69, 9.17) is 9.47 Å². The van der Waals surface area contributed by atoms with E-state index in [2.05, 4.69) is 5.32 Å². The number of sulfone groups is 1. The molecule has 1 N–H and O–H groups in total. The summed E-state index contributed by atoms with van der Waals surface area (Å²) in [5.41, 5.74) is -0.285. The van der Waals surface area contributed by atoms with Gasteiger partial charge in [-0.3, -0.25) is 4.79 Å². The predicted molar refractivity (Wildman–Crippen MR) is 94.9 cm³/mol. The maximum atomic E-state index is 13.2. The number of hydrogen-bond donors (Lipinski definition) is 1. The van der Waals surface area contributed by atoms with Crippen molar-refractivity contribution in [2.75, 3.05) is 7.11 Å². The van der Waals surface area contributed by atoms with Crippen LogP contribution in [0.2, 0.25) is 0 Å². The van der Waals surface area contributed by atoms with E-state index in [1.807, 2.05) is 0 Å². The Labute approximate surface area is 152 Å². The summed E-state index contributed by atoms with van der Waals surface area (Å²) in [5.74, 6) is -0.0497. The van der Waals surface area contributed by atoms with E-state index in [1.165, 1.54) is 19.2 Å². The second-order valence-electron chi connectivity index (χ2n) is 6.79. The Kier molecular flexibility index (Phi) is 3.73. The number of fused-ring (bicyclic) bond motifs is 4. The van der Waals surface area contributed by atoms with Gasteiger partial charge in [-0.25, -0.2) is 8.42 Å². The van der Waals surface area contributed by atoms with Gasteiger partial charge in [0.15, 0.2) is 32.3 Å². The van der Waals surface area contributed by atoms with Crippen molar-refractivity contribution >= 4 is 15.7 Å². The second-order valence-corrected chi connectivity index (χ2v) is 8.86. The maximum Gasteiger partial charge on any atom is 0.242 e. The van der Waals surface area contributed by atoms with E-state index in [0.717, 1.165) is 0 Å². The number of carbonyl (C=O) groups excluding carboxylic acids is 1. The van der Waals surface area contributed by atoms with E-state index in [9.17, 15) is 13.2 Å². The lowest BCUT2D eigenvalue weighted by Gasteiger charge is -2.47. The predicted octanol–water partition coefficient (Wildman–Crippen LogP) is 2.25. The molecule has 7 heteroatoms. The molecule has 0 aliphatic carbocycles. The molecule has 3 atom stereocenters. The molecule has 1 saturated heterocycles. The average Bonchev–Trinajstić information content (AvgIpc) is 2.61. The average molecular weight is 373 g/mol. The molecule has 2 aromatic carbocycles. The van der Waals surface area contributed by atoms with Gasteiger partial charge in [-0.05, 0) is 25.1 Å². The zero-order valence-corrected chi connectivity index (χ0v) is 15.2. The molecule has 2 bridgehead atoms. The molecule has 0 spiro atoms. The lowest BCUT2D eigenvalue weighted by Crippen LogP contribution is -2.63. The Morgan fingerprint density at radius 1 is 1.15 bits per heavy atom. The first-order valence-electron chi connectivity index (χ1n) is 8.33. The summed E-state index contributed by atoms with van der Waals surface area (Å²) in [6, 6.07) is 13.4. The summed E-state index contributed by atoms with van der Waals surface area (Å²) in [6.45, 7) is 1.75. The van der Waals surface area contributed by atoms with Crippen LogP contribution in [0.25, 0.3) is 0 Å². The molecule has 4 rings (SSSR count). The van der Waals surface area contributed by atoms with E-state index >= 15 is 0 Å². The van der Waals surface area contributed by atoms with Crippen LogP contribution in [0.5, 0.6) is 11.5 Å². The first-order chi connectivity index (χ1) is 12.4. The number of carbonyl (C=O) groups is 1. The lowest BCUT2D eigenvalue weighted by atomic mass is 9.81. The van der Waals surface area contributed by atoms with Crippen molar-refractivity contribution in [1.29, 1.82) is 0 Å². The van der Waals surface area contributed by atoms with Crippen LogP contribution in [0.15, 0.2) is 53.4 Å². The fraction of sp³-hybridized carbons (Fsp3) is 0.316. The number of piperidine rings is 1. The fourth-order valence-electron chi connectivity index (χ4n) is 3.87. The molecule has 1 amide bonds. The zero-order valence-electron chi connectivity index (χ0n) is 14.4. The number of rotatable bonds is 3. The van der Waals surface area contributed by atoms with Crippen LogP contribution in [-0.4, -0.2) is 32.4 Å². The fourth-order valence-corrected chi connectivity index (χ4v) is 5.71. The molecule has 6 nitrogen and oxygen atoms in total. The highest BCUT2D eigenvalue weighted by Crippen LogP contribution is 2.50. The molecular formula is C19H19NO5S. The molecule has 0 saturated carbocycles. The summed E-state index contributed by atoms with van der Waals surface area (Å²) in [7, 11) is -2.33. The van der Waals surface area contributed by atoms with Crippen LogP contribution < -0.4 is 14.8 Å². The van der Waals surface area contributed by atoms with Gasteiger partial charge >= 0.3 is 0 Å². The molecule has 26 heavy (non-hydrogen) atoms. The number of benzene rings is 2. The Hall–Kier alpha value is -2.54. The van der Waals surface area contributed by atoms with Gasteiger partial charge < -0.3 is 14.8 Å². The van der Waals surface area contributed by atoms with Crippen LogP contribution in [0.1, 0.15) is 24.8 Å². The Morgan fingerprint density at radius 2 is 1.88 bits per heavy atom. The van der Waals surface area contributed by atoms with Gasteiger partial charge in [0.1, 0.15) is 0 Å². The minimum Gasteiger partial charge on any atom is -0.493 e. The zero-order chi connectivity index (χ0) is 18.5. The number of amides is 1. The van der Waals surface area contributed by atoms with Crippen LogP contribution in [0.4, 0.5) is 0 Å². The molecule has 0 radical (unpaired) electrons. The third-order valence-corrected chi connectivity index (χ3v) is 7.12. The number of nitrogens with one attached hydrogen (secondary N) is 1. The molecule has 2 aliphatic heterocycles. The molecule has 0 aromatic heterocycles. The molecule has 136 valence electrons. The van der Waals surface area contributed by atoms with E-state index < -0.39 is 32.6 Å². The maximum absolute atomic E-state index is 13.2. The summed E-state index contributed by atoms with van der Waals surface area (Å²) < 4.78 is 37.8. The Morgan fingerprint density at radius 3 is 2.58 bits per heavy atom. The monoisotopic (exact) mass is 373 g/mol. The van der Waals surface area contributed by atoms with E-state index in [0.29, 0.717) is 23.5 Å². The largest absolute Gasteiger partial charge is 0.493 e. The van der Waals surface area contributed by atoms with Crippen LogP contribution in [0.3, 0.4) is 0 Å². The number of hydrogen-bond acceptors (Lipinski definition) is 5. The Balaban J connectivity index is 1.89. The van der Waals surface area contributed by atoms with Gasteiger partial charge in [0.05, 0.1) is 12.0 Å². The van der Waals surface area contributed by atoms with Crippen molar-refractivity contribution < 1.29 is 22.7 Å². The van der Waals surface area contributed by atoms with Gasteiger partial charge in [-0.1, -0.05) is 30.3 Å². The second kappa shape index (κ2) is 5.74.